The predicted octanol–water partition coefficient (Wildman–Crippen LogP) is 8.36. The van der Waals surface area contributed by atoms with E-state index in [-0.39, 0.29) is 5.75 Å². The van der Waals surface area contributed by atoms with Gasteiger partial charge in [0.1, 0.15) is 0 Å². The maximum Gasteiger partial charge on any atom is 0.228 e. The van der Waals surface area contributed by atoms with Crippen molar-refractivity contribution in [2.75, 3.05) is 13.5 Å². The quantitative estimate of drug-likeness (QED) is 0.363. The van der Waals surface area contributed by atoms with Crippen LogP contribution < -0.4 is 4.74 Å². The molecule has 3 aliphatic rings. The Hall–Kier alpha value is -1.42. The van der Waals surface area contributed by atoms with Gasteiger partial charge in [0.25, 0.3) is 0 Å². The third-order valence-electron chi connectivity index (χ3n) is 8.51. The fourth-order valence-electron chi connectivity index (χ4n) is 6.45. The first-order valence-electron chi connectivity index (χ1n) is 13.4. The van der Waals surface area contributed by atoms with Crippen molar-refractivity contribution >= 4 is 0 Å². The van der Waals surface area contributed by atoms with E-state index in [2.05, 4.69) is 23.8 Å². The molecule has 0 spiro atoms. The molecule has 2 saturated carbocycles. The van der Waals surface area contributed by atoms with E-state index in [4.69, 9.17) is 4.74 Å². The monoisotopic (exact) mass is 460 g/mol. The molecule has 1 saturated heterocycles. The van der Waals surface area contributed by atoms with E-state index in [1.54, 1.807) is 6.07 Å². The second kappa shape index (κ2) is 12.3. The van der Waals surface area contributed by atoms with Gasteiger partial charge in [-0.1, -0.05) is 31.6 Å². The predicted molar refractivity (Wildman–Crippen MR) is 130 cm³/mol. The fraction of sp³-hybridized carbons (Fsp3) is 0.724. The number of hydrogen-bond acceptors (Lipinski definition) is 2. The summed E-state index contributed by atoms with van der Waals surface area (Å²) in [5.74, 6) is 2.89. The Balaban J connectivity index is 1.17. The van der Waals surface area contributed by atoms with Crippen molar-refractivity contribution < 1.29 is 18.3 Å². The minimum Gasteiger partial charge on any atom is -0.460 e. The molecule has 3 fully saturated rings. The molecule has 0 amide bonds. The lowest BCUT2D eigenvalue weighted by Gasteiger charge is -2.37. The molecule has 33 heavy (non-hydrogen) atoms. The molecule has 2 aliphatic carbocycles. The van der Waals surface area contributed by atoms with Gasteiger partial charge >= 0.3 is 0 Å². The average molecular weight is 461 g/mol. The summed E-state index contributed by atoms with van der Waals surface area (Å²) in [6.07, 6.45) is 20.5. The summed E-state index contributed by atoms with van der Waals surface area (Å²) in [6.45, 7) is 2.27. The van der Waals surface area contributed by atoms with Crippen LogP contribution in [0.15, 0.2) is 30.4 Å². The SMILES string of the molecule is CCCC1CCC(C2CCC(/C=C/C3CCC(c4ccc(OCF)c(F)c4)CC3)CC2)OC1. The average Bonchev–Trinajstić information content (AvgIpc) is 2.85. The summed E-state index contributed by atoms with van der Waals surface area (Å²) >= 11 is 0. The highest BCUT2D eigenvalue weighted by molar-refractivity contribution is 5.31. The molecule has 2 nitrogen and oxygen atoms in total. The van der Waals surface area contributed by atoms with E-state index in [9.17, 15) is 8.78 Å². The Bertz CT molecular complexity index is 740. The highest BCUT2D eigenvalue weighted by Crippen LogP contribution is 2.40. The van der Waals surface area contributed by atoms with E-state index in [1.807, 2.05) is 6.07 Å². The van der Waals surface area contributed by atoms with Gasteiger partial charge in [0, 0.05) is 6.61 Å². The molecule has 184 valence electrons. The van der Waals surface area contributed by atoms with Gasteiger partial charge in [-0.3, -0.25) is 0 Å². The van der Waals surface area contributed by atoms with Crippen molar-refractivity contribution in [1.29, 1.82) is 0 Å². The molecule has 1 heterocycles. The topological polar surface area (TPSA) is 18.5 Å². The number of allylic oxidation sites excluding steroid dienone is 2. The van der Waals surface area contributed by atoms with Crippen molar-refractivity contribution in [3.63, 3.8) is 0 Å². The molecule has 2 atom stereocenters. The molecule has 0 N–H and O–H groups in total. The third kappa shape index (κ3) is 6.81. The van der Waals surface area contributed by atoms with Gasteiger partial charge in [-0.05, 0) is 118 Å². The molecule has 0 aromatic heterocycles. The Labute approximate surface area is 199 Å². The summed E-state index contributed by atoms with van der Waals surface area (Å²) in [5, 5.41) is 0. The van der Waals surface area contributed by atoms with Crippen molar-refractivity contribution in [2.45, 2.75) is 96.0 Å². The second-order valence-electron chi connectivity index (χ2n) is 10.7. The van der Waals surface area contributed by atoms with E-state index in [0.717, 1.165) is 55.6 Å². The van der Waals surface area contributed by atoms with Crippen molar-refractivity contribution in [1.82, 2.24) is 0 Å². The molecule has 1 aromatic rings. The first kappa shape index (κ1) is 24.7. The van der Waals surface area contributed by atoms with Crippen molar-refractivity contribution in [3.8, 4) is 5.75 Å². The van der Waals surface area contributed by atoms with Gasteiger partial charge in [-0.15, -0.1) is 0 Å². The first-order valence-corrected chi connectivity index (χ1v) is 13.4. The summed E-state index contributed by atoms with van der Waals surface area (Å²) in [4.78, 5) is 0. The van der Waals surface area contributed by atoms with Gasteiger partial charge in [0.2, 0.25) is 6.86 Å². The maximum absolute atomic E-state index is 14.1. The minimum absolute atomic E-state index is 0.00308. The zero-order valence-electron chi connectivity index (χ0n) is 20.3. The highest BCUT2D eigenvalue weighted by atomic mass is 19.1. The van der Waals surface area contributed by atoms with Crippen LogP contribution in [0.5, 0.6) is 5.75 Å². The summed E-state index contributed by atoms with van der Waals surface area (Å²) in [5.41, 5.74) is 1.02. The standard InChI is InChI=1S/C29H42F2O2/c1-2-3-23-10-16-28(32-19-23)25-13-8-22(9-14-25)5-4-21-6-11-24(12-7-21)26-15-17-29(33-20-30)27(31)18-26/h4-5,15,17-18,21-25,28H,2-3,6-14,16,19-20H2,1H3/b5-4+. The number of ether oxygens (including phenoxy) is 2. The van der Waals surface area contributed by atoms with Crippen LogP contribution in [0.1, 0.15) is 95.5 Å². The lowest BCUT2D eigenvalue weighted by molar-refractivity contribution is -0.0583. The molecular formula is C29H42F2O2. The second-order valence-corrected chi connectivity index (χ2v) is 10.7. The molecule has 0 bridgehead atoms. The lowest BCUT2D eigenvalue weighted by atomic mass is 9.75. The zero-order valence-corrected chi connectivity index (χ0v) is 20.3. The fourth-order valence-corrected chi connectivity index (χ4v) is 6.45. The smallest absolute Gasteiger partial charge is 0.228 e. The lowest BCUT2D eigenvalue weighted by Crippen LogP contribution is -2.34. The molecule has 2 unspecified atom stereocenters. The Morgan fingerprint density at radius 1 is 0.939 bits per heavy atom. The molecular weight excluding hydrogens is 418 g/mol. The summed E-state index contributed by atoms with van der Waals surface area (Å²) in [7, 11) is 0. The van der Waals surface area contributed by atoms with Gasteiger partial charge in [-0.2, -0.15) is 0 Å². The van der Waals surface area contributed by atoms with Gasteiger partial charge in [0.15, 0.2) is 11.6 Å². The number of hydrogen-bond donors (Lipinski definition) is 0. The number of rotatable bonds is 8. The zero-order chi connectivity index (χ0) is 23.0. The molecule has 4 heteroatoms. The summed E-state index contributed by atoms with van der Waals surface area (Å²) < 4.78 is 37.3. The van der Waals surface area contributed by atoms with Gasteiger partial charge < -0.3 is 9.47 Å². The highest BCUT2D eigenvalue weighted by Gasteiger charge is 2.31. The maximum atomic E-state index is 14.1. The van der Waals surface area contributed by atoms with Crippen LogP contribution in [-0.2, 0) is 4.74 Å². The summed E-state index contributed by atoms with van der Waals surface area (Å²) in [6, 6.07) is 4.99. The Kier molecular flexibility index (Phi) is 9.23. The van der Waals surface area contributed by atoms with Crippen LogP contribution in [0, 0.1) is 29.5 Å². The molecule has 0 radical (unpaired) electrons. The largest absolute Gasteiger partial charge is 0.460 e. The minimum atomic E-state index is -0.997. The van der Waals surface area contributed by atoms with Crippen LogP contribution in [0.4, 0.5) is 8.78 Å². The number of alkyl halides is 1. The molecule has 1 aliphatic heterocycles. The van der Waals surface area contributed by atoms with E-state index >= 15 is 0 Å². The first-order chi connectivity index (χ1) is 16.2. The van der Waals surface area contributed by atoms with Crippen LogP contribution in [0.3, 0.4) is 0 Å². The van der Waals surface area contributed by atoms with Crippen LogP contribution >= 0.6 is 0 Å². The van der Waals surface area contributed by atoms with Crippen molar-refractivity contribution in [2.24, 2.45) is 23.7 Å². The molecule has 4 rings (SSSR count). The number of halogens is 2. The Morgan fingerprint density at radius 3 is 2.21 bits per heavy atom. The van der Waals surface area contributed by atoms with Crippen LogP contribution in [0.25, 0.3) is 0 Å². The van der Waals surface area contributed by atoms with Gasteiger partial charge in [0.05, 0.1) is 6.10 Å². The van der Waals surface area contributed by atoms with E-state index < -0.39 is 12.7 Å². The van der Waals surface area contributed by atoms with Crippen LogP contribution in [0.2, 0.25) is 0 Å². The van der Waals surface area contributed by atoms with Crippen LogP contribution in [-0.4, -0.2) is 19.6 Å². The van der Waals surface area contributed by atoms with E-state index in [1.165, 1.54) is 57.4 Å². The Morgan fingerprint density at radius 2 is 1.64 bits per heavy atom. The normalized spacial score (nSPS) is 33.3. The molecule has 1 aromatic carbocycles. The van der Waals surface area contributed by atoms with Gasteiger partial charge in [-0.25, -0.2) is 8.78 Å². The van der Waals surface area contributed by atoms with E-state index in [0.29, 0.717) is 17.9 Å². The van der Waals surface area contributed by atoms with Crippen molar-refractivity contribution in [3.05, 3.63) is 41.7 Å². The number of benzene rings is 1. The third-order valence-corrected chi connectivity index (χ3v) is 8.51.